The number of nitrogens with two attached hydrogens (primary N) is 1. The third-order valence-corrected chi connectivity index (χ3v) is 6.21. The summed E-state index contributed by atoms with van der Waals surface area (Å²) in [5, 5.41) is 0. The molecule has 0 amide bonds. The molecule has 1 aliphatic rings. The van der Waals surface area contributed by atoms with E-state index in [-0.39, 0.29) is 17.5 Å². The molecule has 0 radical (unpaired) electrons. The fourth-order valence-corrected chi connectivity index (χ4v) is 4.46. The predicted molar refractivity (Wildman–Crippen MR) is 85.7 cm³/mol. The lowest BCUT2D eigenvalue weighted by molar-refractivity contribution is 0.247. The average Bonchev–Trinajstić information content (AvgIpc) is 2.37. The van der Waals surface area contributed by atoms with Gasteiger partial charge in [0.25, 0.3) is 0 Å². The van der Waals surface area contributed by atoms with Crippen LogP contribution in [-0.4, -0.2) is 31.4 Å². The molecular formula is C16H26N2O2S. The fraction of sp³-hybridized carbons (Fsp3) is 0.625. The normalized spacial score (nSPS) is 25.0. The molecule has 118 valence electrons. The van der Waals surface area contributed by atoms with Gasteiger partial charge in [-0.2, -0.15) is 4.31 Å². The largest absolute Gasteiger partial charge is 0.328 e. The Bertz CT molecular complexity index is 588. The van der Waals surface area contributed by atoms with Gasteiger partial charge in [0.1, 0.15) is 0 Å². The summed E-state index contributed by atoms with van der Waals surface area (Å²) < 4.78 is 27.1. The van der Waals surface area contributed by atoms with E-state index in [1.54, 1.807) is 16.4 Å². The lowest BCUT2D eigenvalue weighted by Gasteiger charge is -2.35. The molecule has 0 bridgehead atoms. The summed E-state index contributed by atoms with van der Waals surface area (Å²) in [7, 11) is -3.42. The van der Waals surface area contributed by atoms with Gasteiger partial charge in [-0.25, -0.2) is 8.42 Å². The van der Waals surface area contributed by atoms with E-state index in [0.29, 0.717) is 11.4 Å². The summed E-state index contributed by atoms with van der Waals surface area (Å²) >= 11 is 0. The molecule has 1 aromatic rings. The van der Waals surface area contributed by atoms with Gasteiger partial charge in [0, 0.05) is 18.6 Å². The van der Waals surface area contributed by atoms with E-state index in [1.807, 2.05) is 19.1 Å². The molecule has 2 N–H and O–H groups in total. The molecular weight excluding hydrogens is 284 g/mol. The van der Waals surface area contributed by atoms with E-state index in [0.717, 1.165) is 18.4 Å². The lowest BCUT2D eigenvalue weighted by Crippen LogP contribution is -2.48. The Hall–Kier alpha value is -0.910. The molecule has 0 unspecified atom stereocenters. The van der Waals surface area contributed by atoms with E-state index < -0.39 is 10.0 Å². The molecule has 4 nitrogen and oxygen atoms in total. The maximum Gasteiger partial charge on any atom is 0.243 e. The molecule has 1 heterocycles. The van der Waals surface area contributed by atoms with E-state index in [9.17, 15) is 8.42 Å². The van der Waals surface area contributed by atoms with Gasteiger partial charge < -0.3 is 5.73 Å². The van der Waals surface area contributed by atoms with Gasteiger partial charge in [0.05, 0.1) is 4.90 Å². The van der Waals surface area contributed by atoms with Crippen LogP contribution >= 0.6 is 0 Å². The van der Waals surface area contributed by atoms with Gasteiger partial charge in [0.2, 0.25) is 10.0 Å². The molecule has 1 fully saturated rings. The van der Waals surface area contributed by atoms with Crippen LogP contribution in [0.1, 0.15) is 46.1 Å². The second-order valence-electron chi connectivity index (χ2n) is 7.02. The molecule has 0 aliphatic carbocycles. The first-order chi connectivity index (χ1) is 9.62. The Balaban J connectivity index is 2.28. The molecule has 0 spiro atoms. The summed E-state index contributed by atoms with van der Waals surface area (Å²) in [4.78, 5) is 0.373. The van der Waals surface area contributed by atoms with Crippen LogP contribution in [0.4, 0.5) is 0 Å². The van der Waals surface area contributed by atoms with Gasteiger partial charge in [-0.3, -0.25) is 0 Å². The standard InChI is InChI=1S/C16H26N2O2S/c1-12-11-14(17)9-10-18(12)21(19,20)15-7-5-13(6-8-15)16(2,3)4/h5-8,12,14H,9-11,17H2,1-4H3/t12-,14-/m1/s1. The minimum Gasteiger partial charge on any atom is -0.328 e. The van der Waals surface area contributed by atoms with Gasteiger partial charge in [-0.15, -0.1) is 0 Å². The van der Waals surface area contributed by atoms with Gasteiger partial charge in [-0.05, 0) is 42.9 Å². The molecule has 0 saturated carbocycles. The van der Waals surface area contributed by atoms with Crippen molar-refractivity contribution in [3.8, 4) is 0 Å². The number of hydrogen-bond donors (Lipinski definition) is 1. The summed E-state index contributed by atoms with van der Waals surface area (Å²) in [6.45, 7) is 8.78. The number of sulfonamides is 1. The second kappa shape index (κ2) is 5.71. The topological polar surface area (TPSA) is 63.4 Å². The highest BCUT2D eigenvalue weighted by Gasteiger charge is 2.33. The Kier molecular flexibility index (Phi) is 4.47. The van der Waals surface area contributed by atoms with Crippen molar-refractivity contribution in [3.63, 3.8) is 0 Å². The highest BCUT2D eigenvalue weighted by molar-refractivity contribution is 7.89. The zero-order valence-electron chi connectivity index (χ0n) is 13.3. The maximum absolute atomic E-state index is 12.8. The predicted octanol–water partition coefficient (Wildman–Crippen LogP) is 2.48. The van der Waals surface area contributed by atoms with Gasteiger partial charge in [0.15, 0.2) is 0 Å². The quantitative estimate of drug-likeness (QED) is 0.913. The first-order valence-electron chi connectivity index (χ1n) is 7.50. The van der Waals surface area contributed by atoms with Crippen LogP contribution in [0.5, 0.6) is 0 Å². The third kappa shape index (κ3) is 3.47. The lowest BCUT2D eigenvalue weighted by atomic mass is 9.87. The monoisotopic (exact) mass is 310 g/mol. The minimum atomic E-state index is -3.42. The van der Waals surface area contributed by atoms with E-state index in [1.165, 1.54) is 0 Å². The van der Waals surface area contributed by atoms with E-state index >= 15 is 0 Å². The molecule has 2 atom stereocenters. The Morgan fingerprint density at radius 1 is 1.19 bits per heavy atom. The zero-order valence-corrected chi connectivity index (χ0v) is 14.2. The zero-order chi connectivity index (χ0) is 15.8. The number of nitrogens with zero attached hydrogens (tertiary/aromatic N) is 1. The van der Waals surface area contributed by atoms with Crippen molar-refractivity contribution in [1.82, 2.24) is 4.31 Å². The van der Waals surface area contributed by atoms with Gasteiger partial charge >= 0.3 is 0 Å². The Labute approximate surface area is 128 Å². The molecule has 1 saturated heterocycles. The molecule has 1 aliphatic heterocycles. The number of rotatable bonds is 2. The average molecular weight is 310 g/mol. The van der Waals surface area contributed by atoms with Crippen molar-refractivity contribution in [3.05, 3.63) is 29.8 Å². The molecule has 1 aromatic carbocycles. The highest BCUT2D eigenvalue weighted by atomic mass is 32.2. The van der Waals surface area contributed by atoms with Crippen LogP contribution in [-0.2, 0) is 15.4 Å². The number of hydrogen-bond acceptors (Lipinski definition) is 3. The highest BCUT2D eigenvalue weighted by Crippen LogP contribution is 2.27. The Morgan fingerprint density at radius 3 is 2.24 bits per heavy atom. The minimum absolute atomic E-state index is 0.0213. The SMILES string of the molecule is C[C@@H]1C[C@H](N)CCN1S(=O)(=O)c1ccc(C(C)(C)C)cc1. The van der Waals surface area contributed by atoms with Crippen LogP contribution in [0.15, 0.2) is 29.2 Å². The molecule has 0 aromatic heterocycles. The number of piperidine rings is 1. The van der Waals surface area contributed by atoms with Crippen molar-refractivity contribution >= 4 is 10.0 Å². The first kappa shape index (κ1) is 16.5. The fourth-order valence-electron chi connectivity index (χ4n) is 2.81. The molecule has 2 rings (SSSR count). The summed E-state index contributed by atoms with van der Waals surface area (Å²) in [6.07, 6.45) is 1.45. The summed E-state index contributed by atoms with van der Waals surface area (Å²) in [5.74, 6) is 0. The van der Waals surface area contributed by atoms with Crippen LogP contribution in [0.25, 0.3) is 0 Å². The first-order valence-corrected chi connectivity index (χ1v) is 8.94. The van der Waals surface area contributed by atoms with E-state index in [4.69, 9.17) is 5.73 Å². The molecule has 21 heavy (non-hydrogen) atoms. The van der Waals surface area contributed by atoms with Crippen LogP contribution in [0.2, 0.25) is 0 Å². The van der Waals surface area contributed by atoms with Crippen LogP contribution in [0.3, 0.4) is 0 Å². The maximum atomic E-state index is 12.8. The molecule has 5 heteroatoms. The van der Waals surface area contributed by atoms with Crippen molar-refractivity contribution in [1.29, 1.82) is 0 Å². The summed E-state index contributed by atoms with van der Waals surface area (Å²) in [5.41, 5.74) is 7.07. The Morgan fingerprint density at radius 2 is 1.76 bits per heavy atom. The van der Waals surface area contributed by atoms with Crippen molar-refractivity contribution in [2.45, 2.75) is 62.9 Å². The summed E-state index contributed by atoms with van der Waals surface area (Å²) in [6, 6.07) is 7.32. The number of benzene rings is 1. The van der Waals surface area contributed by atoms with Crippen LogP contribution < -0.4 is 5.73 Å². The van der Waals surface area contributed by atoms with Crippen molar-refractivity contribution in [2.75, 3.05) is 6.54 Å². The van der Waals surface area contributed by atoms with Crippen molar-refractivity contribution < 1.29 is 8.42 Å². The van der Waals surface area contributed by atoms with Gasteiger partial charge in [-0.1, -0.05) is 32.9 Å². The van der Waals surface area contributed by atoms with Crippen LogP contribution in [0, 0.1) is 0 Å². The smallest absolute Gasteiger partial charge is 0.243 e. The second-order valence-corrected chi connectivity index (χ2v) is 8.91. The van der Waals surface area contributed by atoms with E-state index in [2.05, 4.69) is 20.8 Å². The van der Waals surface area contributed by atoms with Crippen molar-refractivity contribution in [2.24, 2.45) is 5.73 Å². The third-order valence-electron chi connectivity index (χ3n) is 4.18.